The highest BCUT2D eigenvalue weighted by Gasteiger charge is 2.18. The number of rotatable bonds is 5. The van der Waals surface area contributed by atoms with Gasteiger partial charge in [0.25, 0.3) is 6.43 Å². The van der Waals surface area contributed by atoms with Crippen molar-refractivity contribution >= 4 is 11.1 Å². The van der Waals surface area contributed by atoms with E-state index in [1.807, 2.05) is 0 Å². The predicted molar refractivity (Wildman–Crippen MR) is 90.6 cm³/mol. The van der Waals surface area contributed by atoms with Crippen molar-refractivity contribution in [1.29, 1.82) is 0 Å². The molecule has 0 saturated heterocycles. The van der Waals surface area contributed by atoms with Crippen molar-refractivity contribution in [2.24, 2.45) is 0 Å². The zero-order chi connectivity index (χ0) is 18.0. The van der Waals surface area contributed by atoms with Gasteiger partial charge in [0.2, 0.25) is 0 Å². The molecule has 0 amide bonds. The Morgan fingerprint density at radius 3 is 2.16 bits per heavy atom. The number of hydrogen-bond acceptors (Lipinski definition) is 1. The number of benzene rings is 2. The van der Waals surface area contributed by atoms with Gasteiger partial charge in [0.1, 0.15) is 5.82 Å². The Hall–Kier alpha value is -2.38. The molecule has 0 saturated carbocycles. The minimum Gasteiger partial charge on any atom is -0.308 e. The highest BCUT2D eigenvalue weighted by atomic mass is 32.2. The van der Waals surface area contributed by atoms with Crippen molar-refractivity contribution in [1.82, 2.24) is 4.57 Å². The standard InChI is InChI=1S/C18H14F3NO2S/c19-14-5-7-15(8-6-14)22-16(9-10-17(22)18(20)21)13-3-1-12(2-4-13)11-25(23)24/h1-10,18H,11H2,(H,23,24). The van der Waals surface area contributed by atoms with Gasteiger partial charge in [0.15, 0.2) is 11.1 Å². The first kappa shape index (κ1) is 17.4. The van der Waals surface area contributed by atoms with Gasteiger partial charge in [-0.15, -0.1) is 0 Å². The van der Waals surface area contributed by atoms with Crippen LogP contribution in [0.15, 0.2) is 60.7 Å². The van der Waals surface area contributed by atoms with Gasteiger partial charge in [0.05, 0.1) is 17.1 Å². The molecular weight excluding hydrogens is 351 g/mol. The van der Waals surface area contributed by atoms with Crippen LogP contribution in [0.5, 0.6) is 0 Å². The van der Waals surface area contributed by atoms with E-state index in [2.05, 4.69) is 0 Å². The maximum Gasteiger partial charge on any atom is 0.278 e. The Morgan fingerprint density at radius 2 is 1.60 bits per heavy atom. The first-order valence-electron chi connectivity index (χ1n) is 7.38. The fourth-order valence-corrected chi connectivity index (χ4v) is 3.12. The average molecular weight is 365 g/mol. The molecule has 0 bridgehead atoms. The summed E-state index contributed by atoms with van der Waals surface area (Å²) in [4.78, 5) is 0. The molecule has 0 aliphatic heterocycles. The lowest BCUT2D eigenvalue weighted by Crippen LogP contribution is -2.03. The summed E-state index contributed by atoms with van der Waals surface area (Å²) in [6.07, 6.45) is -2.69. The van der Waals surface area contributed by atoms with E-state index in [4.69, 9.17) is 4.55 Å². The van der Waals surface area contributed by atoms with Crippen LogP contribution in [0.2, 0.25) is 0 Å². The summed E-state index contributed by atoms with van der Waals surface area (Å²) in [7, 11) is 0. The molecule has 0 radical (unpaired) electrons. The number of alkyl halides is 2. The van der Waals surface area contributed by atoms with Crippen LogP contribution >= 0.6 is 0 Å². The second-order valence-corrected chi connectivity index (χ2v) is 6.35. The van der Waals surface area contributed by atoms with Gasteiger partial charge >= 0.3 is 0 Å². The van der Waals surface area contributed by atoms with Crippen LogP contribution in [0.25, 0.3) is 16.9 Å². The molecule has 0 spiro atoms. The maximum absolute atomic E-state index is 13.4. The van der Waals surface area contributed by atoms with Gasteiger partial charge in [-0.25, -0.2) is 17.4 Å². The SMILES string of the molecule is O=S(O)Cc1ccc(-c2ccc(C(F)F)n2-c2ccc(F)cc2)cc1. The molecular formula is C18H14F3NO2S. The third-order valence-corrected chi connectivity index (χ3v) is 4.34. The highest BCUT2D eigenvalue weighted by molar-refractivity contribution is 7.78. The Bertz CT molecular complexity index is 890. The molecule has 3 aromatic rings. The molecule has 3 rings (SSSR count). The average Bonchev–Trinajstić information content (AvgIpc) is 3.01. The first-order valence-corrected chi connectivity index (χ1v) is 8.66. The fourth-order valence-electron chi connectivity index (χ4n) is 2.64. The quantitative estimate of drug-likeness (QED) is 0.651. The zero-order valence-corrected chi connectivity index (χ0v) is 13.7. The molecule has 0 fully saturated rings. The third-order valence-electron chi connectivity index (χ3n) is 3.76. The summed E-state index contributed by atoms with van der Waals surface area (Å²) in [5, 5.41) is 0. The number of halogens is 3. The van der Waals surface area contributed by atoms with Crippen molar-refractivity contribution < 1.29 is 21.9 Å². The molecule has 1 N–H and O–H groups in total. The van der Waals surface area contributed by atoms with Gasteiger partial charge in [0, 0.05) is 5.69 Å². The fraction of sp³-hybridized carbons (Fsp3) is 0.111. The molecule has 1 heterocycles. The van der Waals surface area contributed by atoms with Crippen molar-refractivity contribution in [3.63, 3.8) is 0 Å². The Labute approximate surface area is 145 Å². The van der Waals surface area contributed by atoms with E-state index >= 15 is 0 Å². The number of nitrogens with zero attached hydrogens (tertiary/aromatic N) is 1. The molecule has 25 heavy (non-hydrogen) atoms. The molecule has 3 nitrogen and oxygen atoms in total. The van der Waals surface area contributed by atoms with Crippen LogP contribution in [0.4, 0.5) is 13.2 Å². The number of aromatic nitrogens is 1. The molecule has 0 aliphatic rings. The second kappa shape index (κ2) is 7.25. The largest absolute Gasteiger partial charge is 0.308 e. The van der Waals surface area contributed by atoms with Gasteiger partial charge in [-0.05, 0) is 47.5 Å². The summed E-state index contributed by atoms with van der Waals surface area (Å²) < 4.78 is 61.1. The predicted octanol–water partition coefficient (Wildman–Crippen LogP) is 4.94. The molecule has 7 heteroatoms. The van der Waals surface area contributed by atoms with Crippen molar-refractivity contribution in [2.75, 3.05) is 0 Å². The van der Waals surface area contributed by atoms with E-state index in [-0.39, 0.29) is 11.4 Å². The summed E-state index contributed by atoms with van der Waals surface area (Å²) in [5.74, 6) is -0.445. The Morgan fingerprint density at radius 1 is 0.960 bits per heavy atom. The lowest BCUT2D eigenvalue weighted by Gasteiger charge is -2.14. The van der Waals surface area contributed by atoms with Gasteiger partial charge in [-0.1, -0.05) is 24.3 Å². The molecule has 1 unspecified atom stereocenters. The monoisotopic (exact) mass is 365 g/mol. The second-order valence-electron chi connectivity index (χ2n) is 5.42. The topological polar surface area (TPSA) is 42.2 Å². The maximum atomic E-state index is 13.4. The van der Waals surface area contributed by atoms with Crippen LogP contribution in [0.3, 0.4) is 0 Å². The van der Waals surface area contributed by atoms with Gasteiger partial charge in [-0.2, -0.15) is 0 Å². The normalized spacial score (nSPS) is 12.5. The van der Waals surface area contributed by atoms with Crippen LogP contribution in [-0.2, 0) is 16.8 Å². The minimum atomic E-state index is -2.69. The third kappa shape index (κ3) is 3.83. The molecule has 1 atom stereocenters. The van der Waals surface area contributed by atoms with E-state index in [1.54, 1.807) is 30.3 Å². The van der Waals surface area contributed by atoms with Crippen molar-refractivity contribution in [2.45, 2.75) is 12.2 Å². The first-order chi connectivity index (χ1) is 12.0. The van der Waals surface area contributed by atoms with Crippen LogP contribution in [0, 0.1) is 5.82 Å². The summed E-state index contributed by atoms with van der Waals surface area (Å²) in [6.45, 7) is 0. The molecule has 130 valence electrons. The molecule has 0 aliphatic carbocycles. The van der Waals surface area contributed by atoms with E-state index in [0.717, 1.165) is 0 Å². The van der Waals surface area contributed by atoms with Gasteiger partial charge in [-0.3, -0.25) is 0 Å². The molecule has 1 aromatic heterocycles. The van der Waals surface area contributed by atoms with Gasteiger partial charge < -0.3 is 9.12 Å². The van der Waals surface area contributed by atoms with Crippen LogP contribution < -0.4 is 0 Å². The number of hydrogen-bond donors (Lipinski definition) is 1. The van der Waals surface area contributed by atoms with Crippen LogP contribution in [-0.4, -0.2) is 13.3 Å². The smallest absolute Gasteiger partial charge is 0.278 e. The summed E-state index contributed by atoms with van der Waals surface area (Å²) in [5.41, 5.74) is 2.10. The van der Waals surface area contributed by atoms with Crippen LogP contribution in [0.1, 0.15) is 17.7 Å². The minimum absolute atomic E-state index is 0.00153. The Kier molecular flexibility index (Phi) is 5.06. The summed E-state index contributed by atoms with van der Waals surface area (Å²) in [6, 6.07) is 15.0. The van der Waals surface area contributed by atoms with E-state index < -0.39 is 23.3 Å². The van der Waals surface area contributed by atoms with E-state index in [1.165, 1.54) is 34.9 Å². The highest BCUT2D eigenvalue weighted by Crippen LogP contribution is 2.32. The van der Waals surface area contributed by atoms with Crippen molar-refractivity contribution in [3.05, 3.63) is 77.7 Å². The summed E-state index contributed by atoms with van der Waals surface area (Å²) >= 11 is -1.95. The van der Waals surface area contributed by atoms with E-state index in [0.29, 0.717) is 22.5 Å². The van der Waals surface area contributed by atoms with E-state index in [9.17, 15) is 17.4 Å². The lowest BCUT2D eigenvalue weighted by molar-refractivity contribution is 0.144. The molecule has 2 aromatic carbocycles. The lowest BCUT2D eigenvalue weighted by atomic mass is 10.1. The Balaban J connectivity index is 2.07. The zero-order valence-electron chi connectivity index (χ0n) is 12.9. The van der Waals surface area contributed by atoms with Crippen molar-refractivity contribution in [3.8, 4) is 16.9 Å².